The molecule has 0 aliphatic carbocycles. The number of anilines is 1. The number of rotatable bonds is 5. The number of nitrogens with two attached hydrogens (primary N) is 1. The van der Waals surface area contributed by atoms with E-state index < -0.39 is 15.4 Å². The number of nitrogen functional groups attached to an aromatic ring is 1. The molecule has 0 aliphatic heterocycles. The number of sulfonamides is 1. The second-order valence-electron chi connectivity index (χ2n) is 5.70. The van der Waals surface area contributed by atoms with E-state index in [9.17, 15) is 13.5 Å². The third kappa shape index (κ3) is 3.31. The third-order valence-electron chi connectivity index (χ3n) is 3.22. The van der Waals surface area contributed by atoms with Crippen molar-refractivity contribution < 1.29 is 13.5 Å². The summed E-state index contributed by atoms with van der Waals surface area (Å²) in [5, 5.41) is 9.80. The van der Waals surface area contributed by atoms with Gasteiger partial charge in [-0.2, -0.15) is 0 Å². The maximum atomic E-state index is 12.4. The second-order valence-corrected chi connectivity index (χ2v) is 7.43. The van der Waals surface area contributed by atoms with E-state index in [0.717, 1.165) is 0 Å². The minimum absolute atomic E-state index is 0.0843. The Morgan fingerprint density at radius 1 is 1.33 bits per heavy atom. The Morgan fingerprint density at radius 2 is 2.05 bits per heavy atom. The lowest BCUT2D eigenvalue weighted by Crippen LogP contribution is -2.36. The molecule has 0 fully saturated rings. The van der Waals surface area contributed by atoms with Crippen molar-refractivity contribution in [3.63, 3.8) is 0 Å². The van der Waals surface area contributed by atoms with Crippen LogP contribution in [0.1, 0.15) is 13.8 Å². The highest BCUT2D eigenvalue weighted by Crippen LogP contribution is 2.26. The monoisotopic (exact) mass is 309 g/mol. The Kier molecular flexibility index (Phi) is 4.18. The van der Waals surface area contributed by atoms with Crippen LogP contribution in [0.5, 0.6) is 0 Å². The number of pyridine rings is 1. The number of aromatic nitrogens is 1. The lowest BCUT2D eigenvalue weighted by molar-refractivity contribution is 0.163. The molecule has 0 amide bonds. The van der Waals surface area contributed by atoms with Gasteiger partial charge < -0.3 is 10.8 Å². The van der Waals surface area contributed by atoms with E-state index in [1.807, 2.05) is 0 Å². The zero-order chi connectivity index (χ0) is 15.7. The number of nitrogens with one attached hydrogen (secondary N) is 1. The Bertz CT molecular complexity index is 757. The lowest BCUT2D eigenvalue weighted by Gasteiger charge is -2.22. The van der Waals surface area contributed by atoms with Gasteiger partial charge in [-0.25, -0.2) is 13.1 Å². The first kappa shape index (κ1) is 15.7. The smallest absolute Gasteiger partial charge is 0.242 e. The van der Waals surface area contributed by atoms with E-state index in [1.54, 1.807) is 32.0 Å². The van der Waals surface area contributed by atoms with Crippen LogP contribution in [0.15, 0.2) is 35.4 Å². The molecule has 0 radical (unpaired) electrons. The zero-order valence-corrected chi connectivity index (χ0v) is 12.8. The highest BCUT2D eigenvalue weighted by molar-refractivity contribution is 7.89. The first-order valence-corrected chi connectivity index (χ1v) is 7.99. The molecule has 0 saturated heterocycles. The predicted octanol–water partition coefficient (Wildman–Crippen LogP) is 1.11. The quantitative estimate of drug-likeness (QED) is 0.718. The lowest BCUT2D eigenvalue weighted by atomic mass is 9.96. The second kappa shape index (κ2) is 5.59. The summed E-state index contributed by atoms with van der Waals surface area (Å²) in [7, 11) is -3.73. The molecule has 114 valence electrons. The molecule has 0 saturated carbocycles. The summed E-state index contributed by atoms with van der Waals surface area (Å²) >= 11 is 0. The number of aliphatic hydroxyl groups is 1. The number of aliphatic hydroxyl groups excluding tert-OH is 1. The summed E-state index contributed by atoms with van der Waals surface area (Å²) in [5.74, 6) is 0. The third-order valence-corrected chi connectivity index (χ3v) is 4.66. The Labute approximate surface area is 124 Å². The van der Waals surface area contributed by atoms with Gasteiger partial charge in [0.2, 0.25) is 10.0 Å². The number of fused-ring (bicyclic) bond motifs is 1. The van der Waals surface area contributed by atoms with Crippen LogP contribution in [0.4, 0.5) is 5.69 Å². The molecule has 1 heterocycles. The van der Waals surface area contributed by atoms with Gasteiger partial charge in [0, 0.05) is 35.8 Å². The van der Waals surface area contributed by atoms with Crippen LogP contribution in [0.2, 0.25) is 0 Å². The average molecular weight is 309 g/mol. The van der Waals surface area contributed by atoms with E-state index in [0.29, 0.717) is 16.6 Å². The fourth-order valence-corrected chi connectivity index (χ4v) is 3.21. The number of hydrogen-bond donors (Lipinski definition) is 3. The van der Waals surface area contributed by atoms with Crippen molar-refractivity contribution in [1.29, 1.82) is 0 Å². The van der Waals surface area contributed by atoms with Crippen molar-refractivity contribution in [2.45, 2.75) is 18.7 Å². The SMILES string of the molecule is CC(C)(CO)CNS(=O)(=O)c1ccc(N)c2cccnc12. The van der Waals surface area contributed by atoms with Gasteiger partial charge in [0.05, 0.1) is 5.52 Å². The first-order chi connectivity index (χ1) is 9.77. The molecule has 7 heteroatoms. The average Bonchev–Trinajstić information content (AvgIpc) is 2.46. The summed E-state index contributed by atoms with van der Waals surface area (Å²) in [6, 6.07) is 6.43. The molecular weight excluding hydrogens is 290 g/mol. The molecule has 0 aliphatic rings. The molecule has 2 aromatic rings. The highest BCUT2D eigenvalue weighted by Gasteiger charge is 2.23. The minimum Gasteiger partial charge on any atom is -0.398 e. The van der Waals surface area contributed by atoms with E-state index >= 15 is 0 Å². The maximum absolute atomic E-state index is 12.4. The molecule has 4 N–H and O–H groups in total. The predicted molar refractivity (Wildman–Crippen MR) is 82.2 cm³/mol. The number of hydrogen-bond acceptors (Lipinski definition) is 5. The van der Waals surface area contributed by atoms with Gasteiger partial charge in [0.1, 0.15) is 4.90 Å². The molecule has 0 unspecified atom stereocenters. The van der Waals surface area contributed by atoms with Crippen LogP contribution in [-0.4, -0.2) is 31.7 Å². The largest absolute Gasteiger partial charge is 0.398 e. The van der Waals surface area contributed by atoms with E-state index in [1.165, 1.54) is 12.3 Å². The van der Waals surface area contributed by atoms with Gasteiger partial charge in [-0.15, -0.1) is 0 Å². The van der Waals surface area contributed by atoms with Crippen molar-refractivity contribution in [2.24, 2.45) is 5.41 Å². The zero-order valence-electron chi connectivity index (χ0n) is 12.0. The van der Waals surface area contributed by atoms with Crippen LogP contribution in [-0.2, 0) is 10.0 Å². The topological polar surface area (TPSA) is 105 Å². The van der Waals surface area contributed by atoms with E-state index in [-0.39, 0.29) is 18.0 Å². The van der Waals surface area contributed by atoms with Gasteiger partial charge in [0.25, 0.3) is 0 Å². The normalized spacial score (nSPS) is 12.7. The van der Waals surface area contributed by atoms with Crippen LogP contribution in [0.25, 0.3) is 10.9 Å². The number of benzene rings is 1. The van der Waals surface area contributed by atoms with Gasteiger partial charge >= 0.3 is 0 Å². The molecule has 1 aromatic carbocycles. The van der Waals surface area contributed by atoms with Gasteiger partial charge in [-0.05, 0) is 24.3 Å². The summed E-state index contributed by atoms with van der Waals surface area (Å²) in [6.07, 6.45) is 1.53. The van der Waals surface area contributed by atoms with Crippen LogP contribution >= 0.6 is 0 Å². The molecular formula is C14H19N3O3S. The summed E-state index contributed by atoms with van der Waals surface area (Å²) in [5.41, 5.74) is 6.13. The Hall–Kier alpha value is -1.70. The Balaban J connectivity index is 2.44. The molecule has 2 rings (SSSR count). The fourth-order valence-electron chi connectivity index (χ4n) is 1.81. The maximum Gasteiger partial charge on any atom is 0.242 e. The van der Waals surface area contributed by atoms with Crippen LogP contribution < -0.4 is 10.5 Å². The van der Waals surface area contributed by atoms with Crippen molar-refractivity contribution in [3.05, 3.63) is 30.5 Å². The van der Waals surface area contributed by atoms with Crippen molar-refractivity contribution >= 4 is 26.6 Å². The van der Waals surface area contributed by atoms with Crippen molar-refractivity contribution in [2.75, 3.05) is 18.9 Å². The molecule has 21 heavy (non-hydrogen) atoms. The van der Waals surface area contributed by atoms with Gasteiger partial charge in [0.15, 0.2) is 0 Å². The van der Waals surface area contributed by atoms with Gasteiger partial charge in [-0.1, -0.05) is 13.8 Å². The van der Waals surface area contributed by atoms with Crippen molar-refractivity contribution in [1.82, 2.24) is 9.71 Å². The van der Waals surface area contributed by atoms with Crippen LogP contribution in [0.3, 0.4) is 0 Å². The Morgan fingerprint density at radius 3 is 2.71 bits per heavy atom. The van der Waals surface area contributed by atoms with Crippen molar-refractivity contribution in [3.8, 4) is 0 Å². The molecule has 0 atom stereocenters. The minimum atomic E-state index is -3.73. The molecule has 0 bridgehead atoms. The first-order valence-electron chi connectivity index (χ1n) is 6.50. The molecule has 0 spiro atoms. The summed E-state index contributed by atoms with van der Waals surface area (Å²) in [6.45, 7) is 3.56. The standard InChI is InChI=1S/C14H19N3O3S/c1-14(2,9-18)8-17-21(19,20)12-6-5-11(15)10-4-3-7-16-13(10)12/h3-7,17-18H,8-9,15H2,1-2H3. The summed E-state index contributed by atoms with van der Waals surface area (Å²) in [4.78, 5) is 4.21. The van der Waals surface area contributed by atoms with E-state index in [4.69, 9.17) is 5.73 Å². The van der Waals surface area contributed by atoms with Crippen LogP contribution in [0, 0.1) is 5.41 Å². The molecule has 6 nitrogen and oxygen atoms in total. The summed E-state index contributed by atoms with van der Waals surface area (Å²) < 4.78 is 27.4. The highest BCUT2D eigenvalue weighted by atomic mass is 32.2. The van der Waals surface area contributed by atoms with E-state index in [2.05, 4.69) is 9.71 Å². The fraction of sp³-hybridized carbons (Fsp3) is 0.357. The van der Waals surface area contributed by atoms with Gasteiger partial charge in [-0.3, -0.25) is 4.98 Å². The number of nitrogens with zero attached hydrogens (tertiary/aromatic N) is 1. The molecule has 1 aromatic heterocycles.